The second kappa shape index (κ2) is 8.62. The smallest absolute Gasteiger partial charge is 0.122 e. The van der Waals surface area contributed by atoms with Gasteiger partial charge in [0.05, 0.1) is 6.61 Å². The number of hydrogen-bond acceptors (Lipinski definition) is 3. The molecule has 1 aromatic rings. The molecule has 0 atom stereocenters. The predicted octanol–water partition coefficient (Wildman–Crippen LogP) is 3.28. The Morgan fingerprint density at radius 1 is 1.29 bits per heavy atom. The monoisotopic (exact) mass is 310 g/mol. The third kappa shape index (κ3) is 5.17. The molecule has 0 spiro atoms. The molecule has 0 aromatic heterocycles. The van der Waals surface area contributed by atoms with Crippen molar-refractivity contribution in [3.8, 4) is 5.75 Å². The summed E-state index contributed by atoms with van der Waals surface area (Å²) < 4.78 is 5.88. The van der Waals surface area contributed by atoms with Gasteiger partial charge in [0.1, 0.15) is 5.75 Å². The van der Waals surface area contributed by atoms with Crippen LogP contribution in [0.5, 0.6) is 5.75 Å². The SMILES string of the molecule is CCCOc1cc(C)c(Cl)cc1CCCN1CCNCC1. The predicted molar refractivity (Wildman–Crippen MR) is 89.6 cm³/mol. The molecule has 21 heavy (non-hydrogen) atoms. The maximum atomic E-state index is 6.27. The van der Waals surface area contributed by atoms with Crippen LogP contribution >= 0.6 is 11.6 Å². The van der Waals surface area contributed by atoms with Gasteiger partial charge in [-0.3, -0.25) is 0 Å². The molecule has 118 valence electrons. The van der Waals surface area contributed by atoms with Crippen molar-refractivity contribution in [1.29, 1.82) is 0 Å². The highest BCUT2D eigenvalue weighted by molar-refractivity contribution is 6.31. The highest BCUT2D eigenvalue weighted by atomic mass is 35.5. The number of nitrogens with one attached hydrogen (secondary N) is 1. The molecule has 1 aromatic carbocycles. The standard InChI is InChI=1S/C17H27ClN2O/c1-3-11-21-17-12-14(2)16(18)13-15(17)5-4-8-20-9-6-19-7-10-20/h12-13,19H,3-11H2,1-2H3. The van der Waals surface area contributed by atoms with Gasteiger partial charge in [0.15, 0.2) is 0 Å². The van der Waals surface area contributed by atoms with Crippen molar-refractivity contribution in [2.24, 2.45) is 0 Å². The second-order valence-corrected chi connectivity index (χ2v) is 6.16. The third-order valence-corrected chi connectivity index (χ3v) is 4.34. The molecular weight excluding hydrogens is 284 g/mol. The molecule has 0 amide bonds. The number of aryl methyl sites for hydroxylation is 2. The molecule has 0 aliphatic carbocycles. The van der Waals surface area contributed by atoms with Crippen LogP contribution in [0.15, 0.2) is 12.1 Å². The summed E-state index contributed by atoms with van der Waals surface area (Å²) in [6, 6.07) is 4.16. The number of benzene rings is 1. The van der Waals surface area contributed by atoms with Gasteiger partial charge < -0.3 is 15.0 Å². The number of halogens is 1. The van der Waals surface area contributed by atoms with Crippen LogP contribution in [0, 0.1) is 6.92 Å². The Balaban J connectivity index is 1.92. The van der Waals surface area contributed by atoms with Crippen LogP contribution in [-0.4, -0.2) is 44.2 Å². The number of hydrogen-bond donors (Lipinski definition) is 1. The van der Waals surface area contributed by atoms with Crippen molar-refractivity contribution in [2.45, 2.75) is 33.1 Å². The Labute approximate surface area is 133 Å². The average Bonchev–Trinajstić information content (AvgIpc) is 2.50. The summed E-state index contributed by atoms with van der Waals surface area (Å²) in [5.41, 5.74) is 2.34. The first-order valence-electron chi connectivity index (χ1n) is 8.05. The highest BCUT2D eigenvalue weighted by Crippen LogP contribution is 2.28. The first-order chi connectivity index (χ1) is 10.2. The summed E-state index contributed by atoms with van der Waals surface area (Å²) >= 11 is 6.27. The van der Waals surface area contributed by atoms with Crippen molar-refractivity contribution in [1.82, 2.24) is 10.2 Å². The van der Waals surface area contributed by atoms with Crippen LogP contribution in [0.3, 0.4) is 0 Å². The fourth-order valence-corrected chi connectivity index (χ4v) is 2.85. The molecule has 0 bridgehead atoms. The maximum absolute atomic E-state index is 6.27. The first kappa shape index (κ1) is 16.6. The van der Waals surface area contributed by atoms with E-state index < -0.39 is 0 Å². The molecule has 0 radical (unpaired) electrons. The van der Waals surface area contributed by atoms with Gasteiger partial charge in [-0.25, -0.2) is 0 Å². The lowest BCUT2D eigenvalue weighted by molar-refractivity contribution is 0.238. The van der Waals surface area contributed by atoms with Crippen LogP contribution in [0.2, 0.25) is 5.02 Å². The zero-order chi connectivity index (χ0) is 15.1. The minimum absolute atomic E-state index is 0.770. The van der Waals surface area contributed by atoms with Gasteiger partial charge in [-0.15, -0.1) is 0 Å². The summed E-state index contributed by atoms with van der Waals surface area (Å²) in [6.45, 7) is 10.6. The zero-order valence-electron chi connectivity index (χ0n) is 13.3. The minimum Gasteiger partial charge on any atom is -0.493 e. The van der Waals surface area contributed by atoms with E-state index in [4.69, 9.17) is 16.3 Å². The first-order valence-corrected chi connectivity index (χ1v) is 8.43. The number of rotatable bonds is 7. The lowest BCUT2D eigenvalue weighted by atomic mass is 10.1. The Hall–Kier alpha value is -0.770. The summed E-state index contributed by atoms with van der Waals surface area (Å²) in [6.07, 6.45) is 3.22. The molecular formula is C17H27ClN2O. The topological polar surface area (TPSA) is 24.5 Å². The Bertz CT molecular complexity index is 445. The molecule has 2 rings (SSSR count). The lowest BCUT2D eigenvalue weighted by Crippen LogP contribution is -2.43. The molecule has 1 N–H and O–H groups in total. The van der Waals surface area contributed by atoms with Gasteiger partial charge in [-0.05, 0) is 56.0 Å². The normalized spacial score (nSPS) is 16.1. The number of ether oxygens (including phenoxy) is 1. The third-order valence-electron chi connectivity index (χ3n) is 3.93. The van der Waals surface area contributed by atoms with E-state index in [0.717, 1.165) is 74.9 Å². The Morgan fingerprint density at radius 3 is 2.76 bits per heavy atom. The van der Waals surface area contributed by atoms with Crippen LogP contribution in [-0.2, 0) is 6.42 Å². The van der Waals surface area contributed by atoms with Crippen LogP contribution in [0.1, 0.15) is 30.9 Å². The highest BCUT2D eigenvalue weighted by Gasteiger charge is 2.11. The van der Waals surface area contributed by atoms with E-state index in [1.54, 1.807) is 0 Å². The van der Waals surface area contributed by atoms with E-state index in [0.29, 0.717) is 0 Å². The molecule has 3 nitrogen and oxygen atoms in total. The van der Waals surface area contributed by atoms with Gasteiger partial charge in [-0.1, -0.05) is 18.5 Å². The fraction of sp³-hybridized carbons (Fsp3) is 0.647. The van der Waals surface area contributed by atoms with Gasteiger partial charge in [0, 0.05) is 31.2 Å². The molecule has 1 aliphatic rings. The van der Waals surface area contributed by atoms with Crippen LogP contribution in [0.4, 0.5) is 0 Å². The summed E-state index contributed by atoms with van der Waals surface area (Å²) in [5.74, 6) is 1.01. The quantitative estimate of drug-likeness (QED) is 0.836. The van der Waals surface area contributed by atoms with E-state index in [-0.39, 0.29) is 0 Å². The molecule has 1 aliphatic heterocycles. The summed E-state index contributed by atoms with van der Waals surface area (Å²) in [4.78, 5) is 2.53. The summed E-state index contributed by atoms with van der Waals surface area (Å²) in [7, 11) is 0. The van der Waals surface area contributed by atoms with Gasteiger partial charge in [0.2, 0.25) is 0 Å². The Morgan fingerprint density at radius 2 is 2.05 bits per heavy atom. The van der Waals surface area contributed by atoms with Gasteiger partial charge in [0.25, 0.3) is 0 Å². The van der Waals surface area contributed by atoms with E-state index in [2.05, 4.69) is 29.3 Å². The summed E-state index contributed by atoms with van der Waals surface area (Å²) in [5, 5.41) is 4.23. The van der Waals surface area contributed by atoms with E-state index in [1.165, 1.54) is 5.56 Å². The van der Waals surface area contributed by atoms with Crippen molar-refractivity contribution in [3.05, 3.63) is 28.3 Å². The van der Waals surface area contributed by atoms with E-state index in [9.17, 15) is 0 Å². The van der Waals surface area contributed by atoms with Crippen LogP contribution in [0.25, 0.3) is 0 Å². The molecule has 1 heterocycles. The molecule has 0 saturated carbocycles. The van der Waals surface area contributed by atoms with E-state index in [1.807, 2.05) is 6.92 Å². The number of piperazine rings is 1. The molecule has 0 unspecified atom stereocenters. The maximum Gasteiger partial charge on any atom is 0.122 e. The van der Waals surface area contributed by atoms with Crippen molar-refractivity contribution >= 4 is 11.6 Å². The number of nitrogens with zero attached hydrogens (tertiary/aromatic N) is 1. The zero-order valence-corrected chi connectivity index (χ0v) is 14.0. The average molecular weight is 311 g/mol. The lowest BCUT2D eigenvalue weighted by Gasteiger charge is -2.27. The van der Waals surface area contributed by atoms with Crippen molar-refractivity contribution < 1.29 is 4.74 Å². The molecule has 1 fully saturated rings. The van der Waals surface area contributed by atoms with Crippen LogP contribution < -0.4 is 10.1 Å². The van der Waals surface area contributed by atoms with Gasteiger partial charge in [-0.2, -0.15) is 0 Å². The molecule has 1 saturated heterocycles. The largest absolute Gasteiger partial charge is 0.493 e. The second-order valence-electron chi connectivity index (χ2n) is 5.75. The van der Waals surface area contributed by atoms with Crippen molar-refractivity contribution in [3.63, 3.8) is 0 Å². The minimum atomic E-state index is 0.770. The molecule has 4 heteroatoms. The van der Waals surface area contributed by atoms with E-state index >= 15 is 0 Å². The van der Waals surface area contributed by atoms with Gasteiger partial charge >= 0.3 is 0 Å². The van der Waals surface area contributed by atoms with Crippen molar-refractivity contribution in [2.75, 3.05) is 39.3 Å². The fourth-order valence-electron chi connectivity index (χ4n) is 2.67. The Kier molecular flexibility index (Phi) is 6.81.